The molecule has 0 radical (unpaired) electrons. The van der Waals surface area contributed by atoms with Crippen LogP contribution in [0.1, 0.15) is 25.3 Å². The van der Waals surface area contributed by atoms with E-state index in [0.29, 0.717) is 12.1 Å². The van der Waals surface area contributed by atoms with E-state index in [1.54, 1.807) is 0 Å². The summed E-state index contributed by atoms with van der Waals surface area (Å²) in [5, 5.41) is 12.8. The van der Waals surface area contributed by atoms with Crippen molar-refractivity contribution < 1.29 is 5.11 Å². The van der Waals surface area contributed by atoms with Crippen molar-refractivity contribution in [3.05, 3.63) is 34.3 Å². The van der Waals surface area contributed by atoms with Crippen molar-refractivity contribution in [1.29, 1.82) is 0 Å². The zero-order valence-corrected chi connectivity index (χ0v) is 13.8. The lowest BCUT2D eigenvalue weighted by Crippen LogP contribution is -2.44. The first kappa shape index (κ1) is 16.0. The van der Waals surface area contributed by atoms with Gasteiger partial charge in [-0.05, 0) is 50.4 Å². The molecule has 20 heavy (non-hydrogen) atoms. The van der Waals surface area contributed by atoms with Crippen LogP contribution >= 0.6 is 15.9 Å². The lowest BCUT2D eigenvalue weighted by atomic mass is 10.0. The number of aliphatic hydroxyl groups is 1. The van der Waals surface area contributed by atoms with Crippen LogP contribution in [0.2, 0.25) is 0 Å². The first-order valence-corrected chi connectivity index (χ1v) is 8.31. The largest absolute Gasteiger partial charge is 0.395 e. The van der Waals surface area contributed by atoms with E-state index in [1.807, 2.05) is 0 Å². The maximum absolute atomic E-state index is 9.29. The SMILES string of the molecule is CC(Cc1ccc(Br)cc1)N(CCO)CC1CCCN1. The molecule has 1 aromatic rings. The lowest BCUT2D eigenvalue weighted by molar-refractivity contribution is 0.146. The first-order chi connectivity index (χ1) is 9.69. The van der Waals surface area contributed by atoms with Crippen LogP contribution in [0, 0.1) is 0 Å². The molecule has 2 N–H and O–H groups in total. The van der Waals surface area contributed by atoms with Gasteiger partial charge in [0.1, 0.15) is 0 Å². The molecule has 4 heteroatoms. The summed E-state index contributed by atoms with van der Waals surface area (Å²) < 4.78 is 1.12. The highest BCUT2D eigenvalue weighted by molar-refractivity contribution is 9.10. The van der Waals surface area contributed by atoms with Crippen molar-refractivity contribution in [2.24, 2.45) is 0 Å². The van der Waals surface area contributed by atoms with Gasteiger partial charge in [-0.25, -0.2) is 0 Å². The maximum Gasteiger partial charge on any atom is 0.0558 e. The number of aliphatic hydroxyl groups excluding tert-OH is 1. The highest BCUT2D eigenvalue weighted by Crippen LogP contribution is 2.15. The van der Waals surface area contributed by atoms with E-state index in [-0.39, 0.29) is 6.61 Å². The molecule has 0 aliphatic carbocycles. The fourth-order valence-corrected chi connectivity index (χ4v) is 3.17. The van der Waals surface area contributed by atoms with Crippen LogP contribution in [0.25, 0.3) is 0 Å². The Kier molecular flexibility index (Phi) is 6.49. The summed E-state index contributed by atoms with van der Waals surface area (Å²) in [6, 6.07) is 9.57. The Bertz CT molecular complexity index is 390. The van der Waals surface area contributed by atoms with E-state index in [2.05, 4.69) is 57.3 Å². The molecule has 0 amide bonds. The monoisotopic (exact) mass is 340 g/mol. The number of halogens is 1. The second-order valence-corrected chi connectivity index (χ2v) is 6.61. The van der Waals surface area contributed by atoms with E-state index in [0.717, 1.165) is 30.5 Å². The van der Waals surface area contributed by atoms with Gasteiger partial charge in [-0.2, -0.15) is 0 Å². The van der Waals surface area contributed by atoms with Gasteiger partial charge in [0, 0.05) is 29.6 Å². The highest BCUT2D eigenvalue weighted by Gasteiger charge is 2.21. The molecule has 1 aliphatic heterocycles. The lowest BCUT2D eigenvalue weighted by Gasteiger charge is -2.31. The van der Waals surface area contributed by atoms with Gasteiger partial charge < -0.3 is 10.4 Å². The Morgan fingerprint density at radius 2 is 2.15 bits per heavy atom. The molecule has 0 aromatic heterocycles. The molecule has 0 saturated carbocycles. The third-order valence-corrected chi connectivity index (χ3v) is 4.60. The van der Waals surface area contributed by atoms with Crippen LogP contribution in [0.15, 0.2) is 28.7 Å². The van der Waals surface area contributed by atoms with Gasteiger partial charge in [0.15, 0.2) is 0 Å². The Morgan fingerprint density at radius 1 is 1.40 bits per heavy atom. The third kappa shape index (κ3) is 4.85. The standard InChI is InChI=1S/C16H25BrN2O/c1-13(11-14-4-6-15(17)7-5-14)19(9-10-20)12-16-3-2-8-18-16/h4-7,13,16,18,20H,2-3,8-12H2,1H3. The Morgan fingerprint density at radius 3 is 2.75 bits per heavy atom. The smallest absolute Gasteiger partial charge is 0.0558 e. The molecule has 1 fully saturated rings. The van der Waals surface area contributed by atoms with Crippen LogP contribution < -0.4 is 5.32 Å². The first-order valence-electron chi connectivity index (χ1n) is 7.52. The van der Waals surface area contributed by atoms with Gasteiger partial charge in [0.2, 0.25) is 0 Å². The van der Waals surface area contributed by atoms with Crippen molar-refractivity contribution in [2.45, 2.75) is 38.3 Å². The van der Waals surface area contributed by atoms with Crippen LogP contribution in [-0.4, -0.2) is 48.3 Å². The van der Waals surface area contributed by atoms with Crippen molar-refractivity contribution in [1.82, 2.24) is 10.2 Å². The second-order valence-electron chi connectivity index (χ2n) is 5.69. The number of hydrogen-bond donors (Lipinski definition) is 2. The van der Waals surface area contributed by atoms with E-state index in [9.17, 15) is 5.11 Å². The zero-order chi connectivity index (χ0) is 14.4. The fourth-order valence-electron chi connectivity index (χ4n) is 2.91. The highest BCUT2D eigenvalue weighted by atomic mass is 79.9. The quantitative estimate of drug-likeness (QED) is 0.800. The minimum Gasteiger partial charge on any atom is -0.395 e. The Labute approximate surface area is 130 Å². The van der Waals surface area contributed by atoms with Crippen molar-refractivity contribution in [3.8, 4) is 0 Å². The summed E-state index contributed by atoms with van der Waals surface area (Å²) in [5.41, 5.74) is 1.35. The van der Waals surface area contributed by atoms with Gasteiger partial charge in [-0.3, -0.25) is 4.90 Å². The van der Waals surface area contributed by atoms with Crippen LogP contribution in [0.3, 0.4) is 0 Å². The normalized spacial score (nSPS) is 20.5. The molecular weight excluding hydrogens is 316 g/mol. The average molecular weight is 341 g/mol. The molecule has 1 saturated heterocycles. The minimum absolute atomic E-state index is 0.234. The van der Waals surface area contributed by atoms with Crippen molar-refractivity contribution >= 4 is 15.9 Å². The molecule has 2 atom stereocenters. The van der Waals surface area contributed by atoms with Crippen LogP contribution in [0.4, 0.5) is 0 Å². The van der Waals surface area contributed by atoms with Crippen molar-refractivity contribution in [2.75, 3.05) is 26.2 Å². The van der Waals surface area contributed by atoms with Gasteiger partial charge in [0.25, 0.3) is 0 Å². The van der Waals surface area contributed by atoms with Crippen LogP contribution in [-0.2, 0) is 6.42 Å². The molecule has 0 spiro atoms. The number of nitrogens with zero attached hydrogens (tertiary/aromatic N) is 1. The predicted molar refractivity (Wildman–Crippen MR) is 87.0 cm³/mol. The summed E-state index contributed by atoms with van der Waals surface area (Å²) in [6.07, 6.45) is 3.56. The summed E-state index contributed by atoms with van der Waals surface area (Å²) in [6.45, 7) is 5.43. The Balaban J connectivity index is 1.91. The molecule has 2 unspecified atom stereocenters. The zero-order valence-electron chi connectivity index (χ0n) is 12.2. The molecular formula is C16H25BrN2O. The van der Waals surface area contributed by atoms with Crippen molar-refractivity contribution in [3.63, 3.8) is 0 Å². The van der Waals surface area contributed by atoms with Gasteiger partial charge in [-0.1, -0.05) is 28.1 Å². The molecule has 1 heterocycles. The fraction of sp³-hybridized carbons (Fsp3) is 0.625. The average Bonchev–Trinajstić information content (AvgIpc) is 2.94. The third-order valence-electron chi connectivity index (χ3n) is 4.07. The number of benzene rings is 1. The van der Waals surface area contributed by atoms with E-state index in [1.165, 1.54) is 18.4 Å². The number of nitrogens with one attached hydrogen (secondary N) is 1. The molecule has 112 valence electrons. The summed E-state index contributed by atoms with van der Waals surface area (Å²) in [4.78, 5) is 2.41. The minimum atomic E-state index is 0.234. The maximum atomic E-state index is 9.29. The van der Waals surface area contributed by atoms with Gasteiger partial charge in [0.05, 0.1) is 6.61 Å². The molecule has 2 rings (SSSR count). The molecule has 1 aliphatic rings. The van der Waals surface area contributed by atoms with Gasteiger partial charge in [-0.15, -0.1) is 0 Å². The molecule has 3 nitrogen and oxygen atoms in total. The van der Waals surface area contributed by atoms with E-state index >= 15 is 0 Å². The number of rotatable bonds is 7. The summed E-state index contributed by atoms with van der Waals surface area (Å²) in [7, 11) is 0. The molecule has 0 bridgehead atoms. The van der Waals surface area contributed by atoms with Gasteiger partial charge >= 0.3 is 0 Å². The number of hydrogen-bond acceptors (Lipinski definition) is 3. The summed E-state index contributed by atoms with van der Waals surface area (Å²) >= 11 is 3.47. The Hall–Kier alpha value is -0.420. The summed E-state index contributed by atoms with van der Waals surface area (Å²) in [5.74, 6) is 0. The van der Waals surface area contributed by atoms with Crippen LogP contribution in [0.5, 0.6) is 0 Å². The topological polar surface area (TPSA) is 35.5 Å². The van der Waals surface area contributed by atoms with E-state index < -0.39 is 0 Å². The van der Waals surface area contributed by atoms with E-state index in [4.69, 9.17) is 0 Å². The second kappa shape index (κ2) is 8.13. The molecule has 1 aromatic carbocycles. The predicted octanol–water partition coefficient (Wildman–Crippen LogP) is 2.43.